The summed E-state index contributed by atoms with van der Waals surface area (Å²) in [6.07, 6.45) is 2.83. The molecule has 5 N–H and O–H groups in total. The molecule has 4 rings (SSSR count). The number of hydrogen-bond acceptors (Lipinski definition) is 8. The Morgan fingerprint density at radius 2 is 1.74 bits per heavy atom. The van der Waals surface area contributed by atoms with Crippen molar-refractivity contribution in [3.63, 3.8) is 0 Å². The van der Waals surface area contributed by atoms with Crippen molar-refractivity contribution in [2.75, 3.05) is 41.7 Å². The van der Waals surface area contributed by atoms with Crippen molar-refractivity contribution >= 4 is 58.4 Å². The summed E-state index contributed by atoms with van der Waals surface area (Å²) >= 11 is 11.5. The average molecular weight is 555 g/mol. The van der Waals surface area contributed by atoms with Crippen LogP contribution in [-0.4, -0.2) is 57.3 Å². The van der Waals surface area contributed by atoms with Crippen LogP contribution in [0.3, 0.4) is 0 Å². The largest absolute Gasteiger partial charge is 0.481 e. The normalized spacial score (nSPS) is 14.7. The molecule has 200 valence electrons. The van der Waals surface area contributed by atoms with Crippen LogP contribution >= 0.6 is 23.8 Å². The van der Waals surface area contributed by atoms with Gasteiger partial charge in [0.1, 0.15) is 0 Å². The number of carbonyl (C=O) groups is 1. The summed E-state index contributed by atoms with van der Waals surface area (Å²) in [5.41, 5.74) is 1.95. The van der Waals surface area contributed by atoms with Crippen LogP contribution in [0.1, 0.15) is 37.3 Å². The Hall–Kier alpha value is -3.70. The number of para-hydroxylation sites is 1. The second-order valence-corrected chi connectivity index (χ2v) is 9.57. The lowest BCUT2D eigenvalue weighted by Gasteiger charge is -2.25. The molecule has 1 aromatic heterocycles. The van der Waals surface area contributed by atoms with Crippen LogP contribution in [0, 0.1) is 0 Å². The minimum absolute atomic E-state index is 0.0117. The van der Waals surface area contributed by atoms with Crippen LogP contribution in [0.25, 0.3) is 0 Å². The Kier molecular flexibility index (Phi) is 9.88. The summed E-state index contributed by atoms with van der Waals surface area (Å²) in [6, 6.07) is 18.1. The standard InChI is InChI=1S/C26H31ClN8O2S/c27-19-10-4-5-11-20(19)31-24-32-23(28-14-7-15-29-26(38)30-16-13-22(36)37)33-25(34-24)35-17-6-12-21(35)18-8-2-1-3-9-18/h1-5,8-11,21H,6-7,12-17H2,(H,36,37)(H2,29,30,38)(H2,28,31,32,33,34). The van der Waals surface area contributed by atoms with E-state index in [1.165, 1.54) is 5.56 Å². The van der Waals surface area contributed by atoms with Crippen LogP contribution in [0.15, 0.2) is 54.6 Å². The topological polar surface area (TPSA) is 127 Å². The Morgan fingerprint density at radius 1 is 1.00 bits per heavy atom. The van der Waals surface area contributed by atoms with E-state index < -0.39 is 5.97 Å². The fraction of sp³-hybridized carbons (Fsp3) is 0.346. The number of hydrogen-bond donors (Lipinski definition) is 5. The third kappa shape index (κ3) is 7.90. The lowest BCUT2D eigenvalue weighted by Crippen LogP contribution is -2.37. The summed E-state index contributed by atoms with van der Waals surface area (Å²) in [6.45, 7) is 2.35. The van der Waals surface area contributed by atoms with Crippen molar-refractivity contribution in [1.82, 2.24) is 25.6 Å². The zero-order chi connectivity index (χ0) is 26.7. The Morgan fingerprint density at radius 3 is 2.53 bits per heavy atom. The fourth-order valence-corrected chi connectivity index (χ4v) is 4.56. The van der Waals surface area contributed by atoms with Crippen LogP contribution in [0.2, 0.25) is 5.02 Å². The van der Waals surface area contributed by atoms with Crippen molar-refractivity contribution in [1.29, 1.82) is 0 Å². The molecule has 0 radical (unpaired) electrons. The van der Waals surface area contributed by atoms with Crippen LogP contribution in [-0.2, 0) is 4.79 Å². The molecule has 0 amide bonds. The van der Waals surface area contributed by atoms with E-state index in [-0.39, 0.29) is 19.0 Å². The van der Waals surface area contributed by atoms with Gasteiger partial charge in [-0.3, -0.25) is 4.79 Å². The molecule has 2 aromatic carbocycles. The number of halogens is 1. The first-order valence-electron chi connectivity index (χ1n) is 12.6. The first-order chi connectivity index (χ1) is 18.5. The Bertz CT molecular complexity index is 1230. The van der Waals surface area contributed by atoms with Crippen LogP contribution in [0.5, 0.6) is 0 Å². The number of aliphatic carboxylic acids is 1. The number of carboxylic acid groups (broad SMARTS) is 1. The number of rotatable bonds is 12. The average Bonchev–Trinajstić information content (AvgIpc) is 3.40. The summed E-state index contributed by atoms with van der Waals surface area (Å²) in [4.78, 5) is 26.9. The van der Waals surface area contributed by atoms with E-state index in [9.17, 15) is 4.79 Å². The summed E-state index contributed by atoms with van der Waals surface area (Å²) < 4.78 is 0. The van der Waals surface area contributed by atoms with Gasteiger partial charge in [-0.25, -0.2) is 0 Å². The molecule has 1 aliphatic heterocycles. The van der Waals surface area contributed by atoms with Gasteiger partial charge in [-0.15, -0.1) is 0 Å². The van der Waals surface area contributed by atoms with Crippen LogP contribution < -0.4 is 26.2 Å². The van der Waals surface area contributed by atoms with E-state index in [1.54, 1.807) is 0 Å². The predicted octanol–water partition coefficient (Wildman–Crippen LogP) is 4.35. The van der Waals surface area contributed by atoms with Crippen molar-refractivity contribution in [2.45, 2.75) is 31.7 Å². The number of anilines is 4. The molecule has 2 heterocycles. The van der Waals surface area contributed by atoms with E-state index in [4.69, 9.17) is 38.9 Å². The quantitative estimate of drug-likeness (QED) is 0.162. The van der Waals surface area contributed by atoms with Crippen molar-refractivity contribution in [3.8, 4) is 0 Å². The van der Waals surface area contributed by atoms with E-state index in [1.807, 2.05) is 30.3 Å². The molecule has 1 unspecified atom stereocenters. The lowest BCUT2D eigenvalue weighted by molar-refractivity contribution is -0.136. The molecule has 12 heteroatoms. The van der Waals surface area contributed by atoms with E-state index in [0.29, 0.717) is 46.8 Å². The molecular weight excluding hydrogens is 524 g/mol. The Labute approximate surface area is 232 Å². The third-order valence-electron chi connectivity index (χ3n) is 5.98. The van der Waals surface area contributed by atoms with Gasteiger partial charge >= 0.3 is 5.97 Å². The number of nitrogens with one attached hydrogen (secondary N) is 4. The first kappa shape index (κ1) is 27.3. The molecule has 1 atom stereocenters. The first-order valence-corrected chi connectivity index (χ1v) is 13.3. The maximum atomic E-state index is 10.6. The highest BCUT2D eigenvalue weighted by atomic mass is 35.5. The zero-order valence-electron chi connectivity index (χ0n) is 20.9. The molecule has 1 aliphatic rings. The number of thiocarbonyl (C=S) groups is 1. The molecular formula is C26H31ClN8O2S. The van der Waals surface area contributed by atoms with Gasteiger partial charge in [0.15, 0.2) is 5.11 Å². The van der Waals surface area contributed by atoms with Gasteiger partial charge in [0.25, 0.3) is 0 Å². The zero-order valence-corrected chi connectivity index (χ0v) is 22.4. The second-order valence-electron chi connectivity index (χ2n) is 8.76. The van der Waals surface area contributed by atoms with Gasteiger partial charge in [0, 0.05) is 26.2 Å². The number of carboxylic acids is 1. The van der Waals surface area contributed by atoms with Crippen LogP contribution in [0.4, 0.5) is 23.5 Å². The predicted molar refractivity (Wildman–Crippen MR) is 154 cm³/mol. The summed E-state index contributed by atoms with van der Waals surface area (Å²) in [7, 11) is 0. The molecule has 0 spiro atoms. The van der Waals surface area contributed by atoms with E-state index in [0.717, 1.165) is 25.8 Å². The number of aromatic nitrogens is 3. The SMILES string of the molecule is O=C(O)CCNC(=S)NCCCNc1nc(Nc2ccccc2Cl)nc(N2CCCC2c2ccccc2)n1. The maximum Gasteiger partial charge on any atom is 0.305 e. The minimum Gasteiger partial charge on any atom is -0.481 e. The highest BCUT2D eigenvalue weighted by Crippen LogP contribution is 2.35. The maximum absolute atomic E-state index is 10.6. The van der Waals surface area contributed by atoms with Gasteiger partial charge in [-0.2, -0.15) is 15.0 Å². The molecule has 1 fully saturated rings. The summed E-state index contributed by atoms with van der Waals surface area (Å²) in [5, 5.41) is 22.2. The van der Waals surface area contributed by atoms with Gasteiger partial charge in [0.2, 0.25) is 17.8 Å². The second kappa shape index (κ2) is 13.7. The van der Waals surface area contributed by atoms with Crippen molar-refractivity contribution < 1.29 is 9.90 Å². The van der Waals surface area contributed by atoms with Crippen molar-refractivity contribution in [2.24, 2.45) is 0 Å². The lowest BCUT2D eigenvalue weighted by atomic mass is 10.1. The fourth-order valence-electron chi connectivity index (χ4n) is 4.17. The molecule has 1 saturated heterocycles. The molecule has 0 saturated carbocycles. The molecule has 10 nitrogen and oxygen atoms in total. The highest BCUT2D eigenvalue weighted by molar-refractivity contribution is 7.80. The van der Waals surface area contributed by atoms with Gasteiger partial charge in [0.05, 0.1) is 23.2 Å². The van der Waals surface area contributed by atoms with E-state index >= 15 is 0 Å². The van der Waals surface area contributed by atoms with Gasteiger partial charge in [-0.05, 0) is 49.2 Å². The number of benzene rings is 2. The third-order valence-corrected chi connectivity index (χ3v) is 6.60. The smallest absolute Gasteiger partial charge is 0.305 e. The Balaban J connectivity index is 1.43. The highest BCUT2D eigenvalue weighted by Gasteiger charge is 2.29. The molecule has 0 bridgehead atoms. The summed E-state index contributed by atoms with van der Waals surface area (Å²) in [5.74, 6) is 0.607. The molecule has 3 aromatic rings. The number of nitrogens with zero attached hydrogens (tertiary/aromatic N) is 4. The van der Waals surface area contributed by atoms with E-state index in [2.05, 4.69) is 55.4 Å². The van der Waals surface area contributed by atoms with Gasteiger partial charge in [-0.1, -0.05) is 54.1 Å². The van der Waals surface area contributed by atoms with Crippen molar-refractivity contribution in [3.05, 3.63) is 65.2 Å². The van der Waals surface area contributed by atoms with Gasteiger partial charge < -0.3 is 31.3 Å². The molecule has 38 heavy (non-hydrogen) atoms. The molecule has 0 aliphatic carbocycles. The monoisotopic (exact) mass is 554 g/mol. The minimum atomic E-state index is -0.867.